The second-order valence-corrected chi connectivity index (χ2v) is 5.38. The van der Waals surface area contributed by atoms with E-state index in [2.05, 4.69) is 22.3 Å². The number of hydrogen-bond donors (Lipinski definition) is 1. The van der Waals surface area contributed by atoms with Crippen molar-refractivity contribution in [3.63, 3.8) is 0 Å². The topological polar surface area (TPSA) is 59.3 Å². The first kappa shape index (κ1) is 12.8. The minimum atomic E-state index is -0.129. The number of aromatic nitrogens is 3. The van der Waals surface area contributed by atoms with E-state index in [9.17, 15) is 4.79 Å². The summed E-state index contributed by atoms with van der Waals surface area (Å²) in [5.41, 5.74) is 1.64. The second-order valence-electron chi connectivity index (χ2n) is 4.43. The minimum absolute atomic E-state index is 0.129. The Hall–Kier alpha value is -2.21. The van der Waals surface area contributed by atoms with Gasteiger partial charge in [-0.05, 0) is 18.6 Å². The van der Waals surface area contributed by atoms with Crippen molar-refractivity contribution in [2.24, 2.45) is 0 Å². The Morgan fingerprint density at radius 1 is 1.30 bits per heavy atom. The molecule has 0 amide bonds. The number of anilines is 2. The molecule has 1 N–H and O–H groups in total. The molecule has 5 nitrogen and oxygen atoms in total. The van der Waals surface area contributed by atoms with Crippen LogP contribution in [0.3, 0.4) is 0 Å². The van der Waals surface area contributed by atoms with Crippen LogP contribution in [0, 0.1) is 0 Å². The molecule has 2 aromatic heterocycles. The van der Waals surface area contributed by atoms with Gasteiger partial charge in [0.05, 0.1) is 0 Å². The van der Waals surface area contributed by atoms with E-state index < -0.39 is 0 Å². The average molecular weight is 286 g/mol. The third-order valence-corrected chi connectivity index (χ3v) is 3.65. The Kier molecular flexibility index (Phi) is 3.47. The predicted molar refractivity (Wildman–Crippen MR) is 80.9 cm³/mol. The van der Waals surface area contributed by atoms with Crippen molar-refractivity contribution >= 4 is 27.1 Å². The van der Waals surface area contributed by atoms with Gasteiger partial charge in [0.2, 0.25) is 10.1 Å². The van der Waals surface area contributed by atoms with Crippen LogP contribution in [-0.2, 0) is 6.42 Å². The summed E-state index contributed by atoms with van der Waals surface area (Å²) in [6, 6.07) is 11.3. The van der Waals surface area contributed by atoms with Gasteiger partial charge in [-0.3, -0.25) is 4.79 Å². The molecule has 20 heavy (non-hydrogen) atoms. The Balaban J connectivity index is 1.98. The van der Waals surface area contributed by atoms with Crippen molar-refractivity contribution < 1.29 is 0 Å². The van der Waals surface area contributed by atoms with Crippen LogP contribution in [0.1, 0.15) is 19.0 Å². The molecule has 0 saturated carbocycles. The molecule has 0 saturated heterocycles. The number of hydrogen-bond acceptors (Lipinski definition) is 5. The maximum absolute atomic E-state index is 12.0. The molecular weight excluding hydrogens is 272 g/mol. The van der Waals surface area contributed by atoms with Gasteiger partial charge in [-0.2, -0.15) is 4.52 Å². The van der Waals surface area contributed by atoms with Gasteiger partial charge in [-0.25, -0.2) is 4.98 Å². The smallest absolute Gasteiger partial charge is 0.275 e. The quantitative estimate of drug-likeness (QED) is 0.801. The van der Waals surface area contributed by atoms with E-state index >= 15 is 0 Å². The molecule has 102 valence electrons. The van der Waals surface area contributed by atoms with Gasteiger partial charge in [0, 0.05) is 17.4 Å². The molecule has 0 radical (unpaired) electrons. The van der Waals surface area contributed by atoms with E-state index in [1.165, 1.54) is 15.9 Å². The van der Waals surface area contributed by atoms with Crippen LogP contribution in [0.2, 0.25) is 0 Å². The van der Waals surface area contributed by atoms with Gasteiger partial charge in [-0.15, -0.1) is 5.10 Å². The SMILES string of the molecule is CCCc1cc(=O)n2nc(Nc3ccccc3)sc2n1. The lowest BCUT2D eigenvalue weighted by atomic mass is 10.2. The van der Waals surface area contributed by atoms with Gasteiger partial charge in [0.25, 0.3) is 5.56 Å². The van der Waals surface area contributed by atoms with E-state index in [0.717, 1.165) is 24.2 Å². The summed E-state index contributed by atoms with van der Waals surface area (Å²) in [4.78, 5) is 17.1. The predicted octanol–water partition coefficient (Wildman–Crippen LogP) is 2.85. The molecule has 3 rings (SSSR count). The van der Waals surface area contributed by atoms with E-state index in [-0.39, 0.29) is 5.56 Å². The van der Waals surface area contributed by atoms with Gasteiger partial charge < -0.3 is 5.32 Å². The highest BCUT2D eigenvalue weighted by atomic mass is 32.1. The molecule has 0 fully saturated rings. The largest absolute Gasteiger partial charge is 0.330 e. The zero-order valence-electron chi connectivity index (χ0n) is 11.0. The van der Waals surface area contributed by atoms with Gasteiger partial charge in [0.1, 0.15) is 0 Å². The summed E-state index contributed by atoms with van der Waals surface area (Å²) in [7, 11) is 0. The third kappa shape index (κ3) is 2.55. The number of rotatable bonds is 4. The summed E-state index contributed by atoms with van der Waals surface area (Å²) in [6.45, 7) is 2.07. The van der Waals surface area contributed by atoms with Gasteiger partial charge >= 0.3 is 0 Å². The van der Waals surface area contributed by atoms with E-state index in [1.54, 1.807) is 6.07 Å². The summed E-state index contributed by atoms with van der Waals surface area (Å²) in [6.07, 6.45) is 1.78. The fourth-order valence-electron chi connectivity index (χ4n) is 1.94. The maximum Gasteiger partial charge on any atom is 0.275 e. The first-order chi connectivity index (χ1) is 9.76. The third-order valence-electron chi connectivity index (χ3n) is 2.83. The minimum Gasteiger partial charge on any atom is -0.330 e. The lowest BCUT2D eigenvalue weighted by Crippen LogP contribution is -2.15. The van der Waals surface area contributed by atoms with Crippen molar-refractivity contribution in [3.05, 3.63) is 52.4 Å². The number of nitrogens with zero attached hydrogens (tertiary/aromatic N) is 3. The van der Waals surface area contributed by atoms with Crippen molar-refractivity contribution in [2.75, 3.05) is 5.32 Å². The van der Waals surface area contributed by atoms with Crippen LogP contribution in [0.15, 0.2) is 41.2 Å². The van der Waals surface area contributed by atoms with Crippen molar-refractivity contribution in [3.8, 4) is 0 Å². The molecule has 3 aromatic rings. The molecule has 0 aliphatic rings. The molecule has 0 unspecified atom stereocenters. The standard InChI is InChI=1S/C14H14N4OS/c1-2-6-11-9-12(19)18-14(16-11)20-13(17-18)15-10-7-4-3-5-8-10/h3-5,7-9H,2,6H2,1H3,(H,15,17). The van der Waals surface area contributed by atoms with Crippen LogP contribution in [0.4, 0.5) is 10.8 Å². The monoisotopic (exact) mass is 286 g/mol. The number of nitrogens with one attached hydrogen (secondary N) is 1. The van der Waals surface area contributed by atoms with Crippen molar-refractivity contribution in [1.82, 2.24) is 14.6 Å². The number of para-hydroxylation sites is 1. The lowest BCUT2D eigenvalue weighted by Gasteiger charge is -1.99. The maximum atomic E-state index is 12.0. The zero-order valence-corrected chi connectivity index (χ0v) is 11.9. The van der Waals surface area contributed by atoms with Crippen LogP contribution in [0.5, 0.6) is 0 Å². The highest BCUT2D eigenvalue weighted by Gasteiger charge is 2.08. The molecule has 2 heterocycles. The number of benzene rings is 1. The van der Waals surface area contributed by atoms with Gasteiger partial charge in [0.15, 0.2) is 0 Å². The molecule has 0 aliphatic heterocycles. The molecule has 0 spiro atoms. The van der Waals surface area contributed by atoms with Gasteiger partial charge in [-0.1, -0.05) is 42.9 Å². The van der Waals surface area contributed by atoms with Crippen LogP contribution >= 0.6 is 11.3 Å². The molecule has 0 bridgehead atoms. The van der Waals surface area contributed by atoms with Crippen LogP contribution in [-0.4, -0.2) is 14.6 Å². The molecule has 1 aromatic carbocycles. The molecule has 0 atom stereocenters. The highest BCUT2D eigenvalue weighted by molar-refractivity contribution is 7.20. The first-order valence-corrected chi connectivity index (χ1v) is 7.30. The van der Waals surface area contributed by atoms with Crippen molar-refractivity contribution in [2.45, 2.75) is 19.8 Å². The fourth-order valence-corrected chi connectivity index (χ4v) is 2.78. The Bertz CT molecular complexity index is 779. The van der Waals surface area contributed by atoms with E-state index in [0.29, 0.717) is 10.1 Å². The second kappa shape index (κ2) is 5.42. The highest BCUT2D eigenvalue weighted by Crippen LogP contribution is 2.21. The zero-order chi connectivity index (χ0) is 13.9. The van der Waals surface area contributed by atoms with E-state index in [4.69, 9.17) is 0 Å². The Morgan fingerprint density at radius 2 is 2.10 bits per heavy atom. The Labute approximate surface area is 119 Å². The number of fused-ring (bicyclic) bond motifs is 1. The average Bonchev–Trinajstić information content (AvgIpc) is 2.83. The normalized spacial score (nSPS) is 10.8. The molecule has 6 heteroatoms. The lowest BCUT2D eigenvalue weighted by molar-refractivity contribution is 0.842. The summed E-state index contributed by atoms with van der Waals surface area (Å²) >= 11 is 1.38. The number of aryl methyl sites for hydroxylation is 1. The summed E-state index contributed by atoms with van der Waals surface area (Å²) in [5, 5.41) is 8.10. The fraction of sp³-hybridized carbons (Fsp3) is 0.214. The summed E-state index contributed by atoms with van der Waals surface area (Å²) in [5.74, 6) is 0. The van der Waals surface area contributed by atoms with Crippen LogP contribution < -0.4 is 10.9 Å². The Morgan fingerprint density at radius 3 is 2.85 bits per heavy atom. The first-order valence-electron chi connectivity index (χ1n) is 6.48. The molecule has 0 aliphatic carbocycles. The van der Waals surface area contributed by atoms with E-state index in [1.807, 2.05) is 30.3 Å². The summed E-state index contributed by atoms with van der Waals surface area (Å²) < 4.78 is 1.34. The van der Waals surface area contributed by atoms with Crippen molar-refractivity contribution in [1.29, 1.82) is 0 Å². The van der Waals surface area contributed by atoms with Crippen LogP contribution in [0.25, 0.3) is 4.96 Å². The molecular formula is C14H14N4OS.